The molecule has 1 saturated heterocycles. The van der Waals surface area contributed by atoms with Gasteiger partial charge in [-0.25, -0.2) is 9.97 Å². The van der Waals surface area contributed by atoms with Crippen molar-refractivity contribution in [1.29, 1.82) is 0 Å². The number of amides is 2. The van der Waals surface area contributed by atoms with Crippen molar-refractivity contribution in [1.82, 2.24) is 20.2 Å². The highest BCUT2D eigenvalue weighted by atomic mass is 32.2. The molecule has 28 heavy (non-hydrogen) atoms. The summed E-state index contributed by atoms with van der Waals surface area (Å²) in [5.74, 6) is 1.34. The summed E-state index contributed by atoms with van der Waals surface area (Å²) in [4.78, 5) is 37.1. The second kappa shape index (κ2) is 8.78. The fourth-order valence-corrected chi connectivity index (χ4v) is 6.25. The molecule has 0 radical (unpaired) electrons. The second-order valence-electron chi connectivity index (χ2n) is 7.69. The molecule has 2 aromatic rings. The van der Waals surface area contributed by atoms with E-state index in [9.17, 15) is 9.59 Å². The number of hydrogen-bond donors (Lipinski definition) is 1. The molecule has 2 aromatic heterocycles. The van der Waals surface area contributed by atoms with Crippen molar-refractivity contribution in [3.63, 3.8) is 0 Å². The maximum atomic E-state index is 12.2. The lowest BCUT2D eigenvalue weighted by molar-refractivity contribution is -0.127. The number of fused-ring (bicyclic) bond motifs is 3. The molecule has 0 spiro atoms. The fourth-order valence-electron chi connectivity index (χ4n) is 3.98. The van der Waals surface area contributed by atoms with Gasteiger partial charge in [0.15, 0.2) is 0 Å². The van der Waals surface area contributed by atoms with Gasteiger partial charge in [0.2, 0.25) is 11.8 Å². The molecule has 3 heterocycles. The van der Waals surface area contributed by atoms with Crippen molar-refractivity contribution in [2.24, 2.45) is 5.92 Å². The van der Waals surface area contributed by atoms with Gasteiger partial charge in [-0.3, -0.25) is 9.59 Å². The normalized spacial score (nSPS) is 19.2. The average molecular weight is 419 g/mol. The summed E-state index contributed by atoms with van der Waals surface area (Å²) >= 11 is 3.28. The van der Waals surface area contributed by atoms with E-state index in [-0.39, 0.29) is 11.8 Å². The summed E-state index contributed by atoms with van der Waals surface area (Å²) in [7, 11) is 0. The Balaban J connectivity index is 1.30. The molecule has 1 atom stereocenters. The van der Waals surface area contributed by atoms with Crippen LogP contribution < -0.4 is 5.32 Å². The van der Waals surface area contributed by atoms with E-state index in [2.05, 4.69) is 22.2 Å². The number of nitrogens with zero attached hydrogens (tertiary/aromatic N) is 3. The first-order chi connectivity index (χ1) is 13.6. The number of thioether (sulfide) groups is 1. The molecule has 8 heteroatoms. The van der Waals surface area contributed by atoms with Gasteiger partial charge in [0.25, 0.3) is 0 Å². The van der Waals surface area contributed by atoms with Crippen LogP contribution >= 0.6 is 23.1 Å². The van der Waals surface area contributed by atoms with E-state index >= 15 is 0 Å². The number of carbonyl (C=O) groups is 2. The van der Waals surface area contributed by atoms with Gasteiger partial charge in [-0.2, -0.15) is 0 Å². The van der Waals surface area contributed by atoms with Crippen LogP contribution in [-0.4, -0.2) is 52.1 Å². The molecule has 1 N–H and O–H groups in total. The van der Waals surface area contributed by atoms with Crippen molar-refractivity contribution < 1.29 is 9.59 Å². The summed E-state index contributed by atoms with van der Waals surface area (Å²) < 4.78 is 0. The number of aryl methyl sites for hydroxylation is 1. The number of nitrogens with one attached hydrogen (secondary N) is 1. The van der Waals surface area contributed by atoms with Crippen molar-refractivity contribution >= 4 is 45.1 Å². The predicted molar refractivity (Wildman–Crippen MR) is 113 cm³/mol. The number of thiophene rings is 1. The van der Waals surface area contributed by atoms with Crippen LogP contribution in [0.5, 0.6) is 0 Å². The maximum Gasteiger partial charge on any atom is 0.230 e. The van der Waals surface area contributed by atoms with Crippen molar-refractivity contribution in [3.05, 3.63) is 16.8 Å². The van der Waals surface area contributed by atoms with E-state index in [0.29, 0.717) is 18.7 Å². The molecule has 0 aromatic carbocycles. The third-order valence-electron chi connectivity index (χ3n) is 5.50. The topological polar surface area (TPSA) is 75.2 Å². The molecule has 1 fully saturated rings. The van der Waals surface area contributed by atoms with Gasteiger partial charge in [0.1, 0.15) is 16.2 Å². The monoisotopic (exact) mass is 418 g/mol. The van der Waals surface area contributed by atoms with Gasteiger partial charge < -0.3 is 10.2 Å². The number of aromatic nitrogens is 2. The first kappa shape index (κ1) is 19.6. The third kappa shape index (κ3) is 4.33. The molecule has 1 aliphatic heterocycles. The molecule has 0 bridgehead atoms. The van der Waals surface area contributed by atoms with Gasteiger partial charge in [0, 0.05) is 36.3 Å². The fraction of sp³-hybridized carbons (Fsp3) is 0.600. The van der Waals surface area contributed by atoms with Crippen molar-refractivity contribution in [2.75, 3.05) is 25.4 Å². The highest BCUT2D eigenvalue weighted by Crippen LogP contribution is 2.40. The summed E-state index contributed by atoms with van der Waals surface area (Å²) in [6.07, 6.45) is 7.45. The average Bonchev–Trinajstić information content (AvgIpc) is 3.26. The Morgan fingerprint density at radius 2 is 2.29 bits per heavy atom. The lowest BCUT2D eigenvalue weighted by Gasteiger charge is -2.18. The second-order valence-corrected chi connectivity index (χ2v) is 9.73. The standard InChI is InChI=1S/C20H26N4O2S2/c1-13-5-6-14-15(10-13)28-20-18(14)19(22-12-23-20)27-11-16(25)21-7-3-9-24-8-2-4-17(24)26/h12-13H,2-11H2,1H3,(H,21,25)/t13-/m1/s1. The molecule has 2 amide bonds. The van der Waals surface area contributed by atoms with Crippen LogP contribution in [-0.2, 0) is 22.4 Å². The summed E-state index contributed by atoms with van der Waals surface area (Å²) in [5, 5.41) is 5.06. The SMILES string of the molecule is C[C@@H]1CCc2c(sc3ncnc(SCC(=O)NCCCN4CCCC4=O)c23)C1. The zero-order valence-electron chi connectivity index (χ0n) is 16.2. The largest absolute Gasteiger partial charge is 0.355 e. The number of rotatable bonds is 7. The van der Waals surface area contributed by atoms with E-state index in [0.717, 1.165) is 54.5 Å². The predicted octanol–water partition coefficient (Wildman–Crippen LogP) is 3.04. The Bertz CT molecular complexity index is 882. The highest BCUT2D eigenvalue weighted by molar-refractivity contribution is 8.00. The Kier molecular flexibility index (Phi) is 6.16. The van der Waals surface area contributed by atoms with Crippen molar-refractivity contribution in [2.45, 2.75) is 50.5 Å². The molecule has 4 rings (SSSR count). The van der Waals surface area contributed by atoms with Crippen LogP contribution in [0.3, 0.4) is 0 Å². The first-order valence-corrected chi connectivity index (χ1v) is 11.8. The first-order valence-electron chi connectivity index (χ1n) is 10.0. The minimum absolute atomic E-state index is 0.0160. The van der Waals surface area contributed by atoms with Crippen LogP contribution in [0.4, 0.5) is 0 Å². The summed E-state index contributed by atoms with van der Waals surface area (Å²) in [6, 6.07) is 0. The number of carbonyl (C=O) groups excluding carboxylic acids is 2. The molecular formula is C20H26N4O2S2. The third-order valence-corrected chi connectivity index (χ3v) is 7.65. The van der Waals surface area contributed by atoms with Crippen LogP contribution in [0.2, 0.25) is 0 Å². The van der Waals surface area contributed by atoms with Gasteiger partial charge in [-0.15, -0.1) is 11.3 Å². The van der Waals surface area contributed by atoms with Crippen LogP contribution in [0.25, 0.3) is 10.2 Å². The molecule has 2 aliphatic rings. The lowest BCUT2D eigenvalue weighted by atomic mass is 9.89. The van der Waals surface area contributed by atoms with Gasteiger partial charge in [-0.05, 0) is 43.6 Å². The van der Waals surface area contributed by atoms with E-state index in [1.165, 1.54) is 34.0 Å². The number of likely N-dealkylation sites (tertiary alicyclic amines) is 1. The smallest absolute Gasteiger partial charge is 0.230 e. The molecular weight excluding hydrogens is 392 g/mol. The van der Waals surface area contributed by atoms with E-state index in [1.807, 2.05) is 4.90 Å². The quantitative estimate of drug-likeness (QED) is 0.425. The van der Waals surface area contributed by atoms with Crippen molar-refractivity contribution in [3.8, 4) is 0 Å². The highest BCUT2D eigenvalue weighted by Gasteiger charge is 2.23. The molecule has 0 saturated carbocycles. The lowest BCUT2D eigenvalue weighted by Crippen LogP contribution is -2.31. The molecule has 6 nitrogen and oxygen atoms in total. The minimum atomic E-state index is 0.0160. The Morgan fingerprint density at radius 1 is 1.39 bits per heavy atom. The summed E-state index contributed by atoms with van der Waals surface area (Å²) in [6.45, 7) is 4.50. The van der Waals surface area contributed by atoms with Crippen LogP contribution in [0.15, 0.2) is 11.4 Å². The van der Waals surface area contributed by atoms with Crippen LogP contribution in [0, 0.1) is 5.92 Å². The zero-order chi connectivity index (χ0) is 19.5. The molecule has 1 aliphatic carbocycles. The van der Waals surface area contributed by atoms with E-state index < -0.39 is 0 Å². The minimum Gasteiger partial charge on any atom is -0.355 e. The van der Waals surface area contributed by atoms with Gasteiger partial charge >= 0.3 is 0 Å². The van der Waals surface area contributed by atoms with Crippen LogP contribution in [0.1, 0.15) is 43.0 Å². The Morgan fingerprint density at radius 3 is 3.11 bits per heavy atom. The number of hydrogen-bond acceptors (Lipinski definition) is 6. The molecule has 0 unspecified atom stereocenters. The molecule has 150 valence electrons. The van der Waals surface area contributed by atoms with E-state index in [1.54, 1.807) is 17.7 Å². The van der Waals surface area contributed by atoms with Gasteiger partial charge in [-0.1, -0.05) is 18.7 Å². The Labute approximate surface area is 173 Å². The van der Waals surface area contributed by atoms with Gasteiger partial charge in [0.05, 0.1) is 5.75 Å². The van der Waals surface area contributed by atoms with E-state index in [4.69, 9.17) is 0 Å². The zero-order valence-corrected chi connectivity index (χ0v) is 17.8. The maximum absolute atomic E-state index is 12.2. The Hall–Kier alpha value is -1.67. The summed E-state index contributed by atoms with van der Waals surface area (Å²) in [5.41, 5.74) is 1.40.